The molecule has 0 amide bonds. The third-order valence-corrected chi connectivity index (χ3v) is 4.55. The van der Waals surface area contributed by atoms with E-state index in [0.29, 0.717) is 0 Å². The van der Waals surface area contributed by atoms with Gasteiger partial charge in [0.05, 0.1) is 0 Å². The first-order valence-corrected chi connectivity index (χ1v) is 8.43. The highest BCUT2D eigenvalue weighted by atomic mass is 15.3. The van der Waals surface area contributed by atoms with Crippen LogP contribution in [0.2, 0.25) is 0 Å². The first-order valence-electron chi connectivity index (χ1n) is 8.43. The highest BCUT2D eigenvalue weighted by Gasteiger charge is 2.29. The van der Waals surface area contributed by atoms with Crippen LogP contribution in [-0.2, 0) is 0 Å². The van der Waals surface area contributed by atoms with Crippen molar-refractivity contribution in [3.63, 3.8) is 0 Å². The highest BCUT2D eigenvalue weighted by Crippen LogP contribution is 2.21. The van der Waals surface area contributed by atoms with Gasteiger partial charge in [-0.15, -0.1) is 0 Å². The zero-order valence-electron chi connectivity index (χ0n) is 13.0. The Bertz CT molecular complexity index is 242. The summed E-state index contributed by atoms with van der Waals surface area (Å²) in [6, 6.07) is 0.890. The average molecular weight is 267 g/mol. The van der Waals surface area contributed by atoms with Crippen LogP contribution in [0.25, 0.3) is 0 Å². The minimum absolute atomic E-state index is 0.780. The van der Waals surface area contributed by atoms with Crippen LogP contribution in [0.3, 0.4) is 0 Å². The van der Waals surface area contributed by atoms with E-state index in [1.54, 1.807) is 0 Å². The lowest BCUT2D eigenvalue weighted by Gasteiger charge is -2.37. The predicted octanol–water partition coefficient (Wildman–Crippen LogP) is 2.18. The molecule has 3 heteroatoms. The van der Waals surface area contributed by atoms with Gasteiger partial charge < -0.3 is 10.2 Å². The van der Waals surface area contributed by atoms with Gasteiger partial charge in [0.15, 0.2) is 0 Å². The molecule has 2 fully saturated rings. The van der Waals surface area contributed by atoms with E-state index in [-0.39, 0.29) is 0 Å². The molecule has 0 bridgehead atoms. The first kappa shape index (κ1) is 15.3. The van der Waals surface area contributed by atoms with Gasteiger partial charge in [0.25, 0.3) is 0 Å². The molecule has 0 radical (unpaired) electrons. The Hall–Kier alpha value is -0.120. The second kappa shape index (κ2) is 8.23. The molecule has 2 rings (SSSR count). The molecule has 1 unspecified atom stereocenters. The summed E-state index contributed by atoms with van der Waals surface area (Å²) >= 11 is 0. The van der Waals surface area contributed by atoms with Crippen molar-refractivity contribution in [2.45, 2.75) is 52.0 Å². The molecule has 3 nitrogen and oxygen atoms in total. The van der Waals surface area contributed by atoms with Gasteiger partial charge in [0.2, 0.25) is 0 Å². The Balaban J connectivity index is 1.45. The molecule has 2 saturated heterocycles. The number of hydrogen-bond acceptors (Lipinski definition) is 3. The van der Waals surface area contributed by atoms with E-state index in [2.05, 4.69) is 29.0 Å². The molecular formula is C16H33N3. The van der Waals surface area contributed by atoms with Crippen LogP contribution in [0.4, 0.5) is 0 Å². The first-order chi connectivity index (χ1) is 9.25. The molecule has 2 heterocycles. The summed E-state index contributed by atoms with van der Waals surface area (Å²) in [5.41, 5.74) is 0. The maximum Gasteiger partial charge on any atom is 0.0224 e. The lowest BCUT2D eigenvalue weighted by atomic mass is 10.1. The molecule has 1 atom stereocenters. The topological polar surface area (TPSA) is 18.5 Å². The van der Waals surface area contributed by atoms with Crippen LogP contribution in [0.5, 0.6) is 0 Å². The minimum Gasteiger partial charge on any atom is -0.316 e. The van der Waals surface area contributed by atoms with Gasteiger partial charge >= 0.3 is 0 Å². The summed E-state index contributed by atoms with van der Waals surface area (Å²) in [5.74, 6) is 0.780. The summed E-state index contributed by atoms with van der Waals surface area (Å²) in [6.45, 7) is 13.6. The van der Waals surface area contributed by atoms with Crippen LogP contribution in [0.1, 0.15) is 46.0 Å². The van der Waals surface area contributed by atoms with Crippen molar-refractivity contribution < 1.29 is 0 Å². The molecule has 0 aromatic carbocycles. The smallest absolute Gasteiger partial charge is 0.0224 e. The summed E-state index contributed by atoms with van der Waals surface area (Å²) in [4.78, 5) is 5.40. The number of unbranched alkanes of at least 4 members (excludes halogenated alkanes) is 2. The number of nitrogens with zero attached hydrogens (tertiary/aromatic N) is 2. The zero-order valence-corrected chi connectivity index (χ0v) is 13.0. The summed E-state index contributed by atoms with van der Waals surface area (Å²) < 4.78 is 0. The number of nitrogens with one attached hydrogen (secondary N) is 1. The van der Waals surface area contributed by atoms with Gasteiger partial charge in [-0.3, -0.25) is 4.90 Å². The van der Waals surface area contributed by atoms with Gasteiger partial charge in [0.1, 0.15) is 0 Å². The van der Waals surface area contributed by atoms with Crippen molar-refractivity contribution in [2.75, 3.05) is 45.8 Å². The summed E-state index contributed by atoms with van der Waals surface area (Å²) in [6.07, 6.45) is 6.98. The van der Waals surface area contributed by atoms with Crippen molar-refractivity contribution in [3.05, 3.63) is 0 Å². The largest absolute Gasteiger partial charge is 0.316 e. The summed E-state index contributed by atoms with van der Waals surface area (Å²) in [7, 11) is 0. The third kappa shape index (κ3) is 5.41. The van der Waals surface area contributed by atoms with Gasteiger partial charge in [-0.25, -0.2) is 0 Å². The molecule has 1 N–H and O–H groups in total. The highest BCUT2D eigenvalue weighted by molar-refractivity contribution is 4.86. The fourth-order valence-electron chi connectivity index (χ4n) is 3.41. The van der Waals surface area contributed by atoms with Crippen molar-refractivity contribution in [3.8, 4) is 0 Å². The Labute approximate surface area is 119 Å². The van der Waals surface area contributed by atoms with Crippen LogP contribution in [-0.4, -0.2) is 61.7 Å². The molecule has 0 aromatic heterocycles. The van der Waals surface area contributed by atoms with E-state index in [4.69, 9.17) is 0 Å². The molecule has 112 valence electrons. The standard InChI is InChI=1S/C16H33N3/c1-15(2)13-17-8-4-3-5-9-18-11-12-19-10-6-7-16(19)14-18/h15-17H,3-14H2,1-2H3. The van der Waals surface area contributed by atoms with Gasteiger partial charge in [0, 0.05) is 25.7 Å². The van der Waals surface area contributed by atoms with Crippen LogP contribution in [0.15, 0.2) is 0 Å². The number of fused-ring (bicyclic) bond motifs is 1. The zero-order chi connectivity index (χ0) is 13.5. The fraction of sp³-hybridized carbons (Fsp3) is 1.00. The van der Waals surface area contributed by atoms with Crippen molar-refractivity contribution >= 4 is 0 Å². The molecule has 0 saturated carbocycles. The van der Waals surface area contributed by atoms with Gasteiger partial charge in [-0.05, 0) is 57.8 Å². The number of rotatable bonds is 8. The van der Waals surface area contributed by atoms with Crippen molar-refractivity contribution in [1.29, 1.82) is 0 Å². The molecule has 0 aliphatic carbocycles. The second-order valence-electron chi connectivity index (χ2n) is 6.79. The average Bonchev–Trinajstić information content (AvgIpc) is 2.84. The van der Waals surface area contributed by atoms with Crippen LogP contribution in [0, 0.1) is 5.92 Å². The Morgan fingerprint density at radius 2 is 2.00 bits per heavy atom. The SMILES string of the molecule is CC(C)CNCCCCCN1CCN2CCCC2C1. The van der Waals surface area contributed by atoms with E-state index in [1.165, 1.54) is 77.9 Å². The molecular weight excluding hydrogens is 234 g/mol. The monoisotopic (exact) mass is 267 g/mol. The van der Waals surface area contributed by atoms with E-state index >= 15 is 0 Å². The lowest BCUT2D eigenvalue weighted by Crippen LogP contribution is -2.50. The van der Waals surface area contributed by atoms with Crippen molar-refractivity contribution in [1.82, 2.24) is 15.1 Å². The van der Waals surface area contributed by atoms with Gasteiger partial charge in [-0.1, -0.05) is 20.3 Å². The molecule has 0 aromatic rings. The molecule has 2 aliphatic heterocycles. The predicted molar refractivity (Wildman–Crippen MR) is 82.6 cm³/mol. The lowest BCUT2D eigenvalue weighted by molar-refractivity contribution is 0.103. The van der Waals surface area contributed by atoms with E-state index in [9.17, 15) is 0 Å². The van der Waals surface area contributed by atoms with E-state index in [1.807, 2.05) is 0 Å². The quantitative estimate of drug-likeness (QED) is 0.680. The maximum atomic E-state index is 3.53. The number of hydrogen-bond donors (Lipinski definition) is 1. The van der Waals surface area contributed by atoms with E-state index < -0.39 is 0 Å². The Kier molecular flexibility index (Phi) is 6.62. The molecule has 0 spiro atoms. The van der Waals surface area contributed by atoms with Crippen LogP contribution < -0.4 is 5.32 Å². The number of piperazine rings is 1. The maximum absolute atomic E-state index is 3.53. The van der Waals surface area contributed by atoms with Gasteiger partial charge in [-0.2, -0.15) is 0 Å². The Morgan fingerprint density at radius 1 is 1.11 bits per heavy atom. The summed E-state index contributed by atoms with van der Waals surface area (Å²) in [5, 5.41) is 3.53. The Morgan fingerprint density at radius 3 is 2.84 bits per heavy atom. The second-order valence-corrected chi connectivity index (χ2v) is 6.79. The fourth-order valence-corrected chi connectivity index (χ4v) is 3.41. The van der Waals surface area contributed by atoms with E-state index in [0.717, 1.165) is 12.0 Å². The normalized spacial score (nSPS) is 25.1. The van der Waals surface area contributed by atoms with Crippen LogP contribution >= 0.6 is 0 Å². The molecule has 2 aliphatic rings. The minimum atomic E-state index is 0.780. The van der Waals surface area contributed by atoms with Crippen molar-refractivity contribution in [2.24, 2.45) is 5.92 Å². The molecule has 19 heavy (non-hydrogen) atoms. The third-order valence-electron chi connectivity index (χ3n) is 4.55.